The van der Waals surface area contributed by atoms with Crippen LogP contribution in [-0.2, 0) is 10.8 Å². The molecule has 0 amide bonds. The van der Waals surface area contributed by atoms with Gasteiger partial charge < -0.3 is 5.32 Å². The normalized spacial score (nSPS) is 16.1. The highest BCUT2D eigenvalue weighted by Crippen LogP contribution is 2.21. The van der Waals surface area contributed by atoms with Gasteiger partial charge >= 0.3 is 0 Å². The molecule has 0 heterocycles. The van der Waals surface area contributed by atoms with Gasteiger partial charge in [-0.2, -0.15) is 0 Å². The van der Waals surface area contributed by atoms with E-state index in [1.165, 1.54) is 22.3 Å². The lowest BCUT2D eigenvalue weighted by Gasteiger charge is -2.19. The van der Waals surface area contributed by atoms with Gasteiger partial charge in [0.25, 0.3) is 0 Å². The zero-order chi connectivity index (χ0) is 14.6. The van der Waals surface area contributed by atoms with Crippen LogP contribution in [0.15, 0.2) is 12.1 Å². The summed E-state index contributed by atoms with van der Waals surface area (Å²) in [5, 5.41) is 3.80. The largest absolute Gasteiger partial charge is 0.310 e. The van der Waals surface area contributed by atoms with Crippen LogP contribution in [0.5, 0.6) is 0 Å². The second-order valence-corrected chi connectivity index (χ2v) is 7.37. The van der Waals surface area contributed by atoms with Crippen molar-refractivity contribution in [1.29, 1.82) is 0 Å². The number of hydrogen-bond donors (Lipinski definition) is 1. The van der Waals surface area contributed by atoms with E-state index in [0.29, 0.717) is 6.04 Å². The molecular weight excluding hydrogens is 254 g/mol. The molecule has 1 aromatic carbocycles. The van der Waals surface area contributed by atoms with E-state index < -0.39 is 10.8 Å². The van der Waals surface area contributed by atoms with Crippen LogP contribution >= 0.6 is 0 Å². The maximum atomic E-state index is 11.3. The van der Waals surface area contributed by atoms with Gasteiger partial charge in [-0.05, 0) is 62.9 Å². The molecule has 108 valence electrons. The van der Waals surface area contributed by atoms with Crippen LogP contribution in [0, 0.1) is 20.8 Å². The quantitative estimate of drug-likeness (QED) is 0.865. The fraction of sp³-hybridized carbons (Fsp3) is 0.625. The van der Waals surface area contributed by atoms with E-state index in [4.69, 9.17) is 0 Å². The molecule has 0 saturated heterocycles. The molecule has 0 bridgehead atoms. The van der Waals surface area contributed by atoms with Gasteiger partial charge in [0.05, 0.1) is 0 Å². The van der Waals surface area contributed by atoms with E-state index in [1.54, 1.807) is 6.26 Å². The molecule has 0 saturated carbocycles. The average Bonchev–Trinajstić information content (AvgIpc) is 2.33. The average molecular weight is 281 g/mol. The van der Waals surface area contributed by atoms with Gasteiger partial charge in [-0.3, -0.25) is 4.21 Å². The molecule has 0 aliphatic carbocycles. The Morgan fingerprint density at radius 3 is 2.26 bits per heavy atom. The van der Waals surface area contributed by atoms with Crippen LogP contribution in [0.2, 0.25) is 0 Å². The first-order valence-electron chi connectivity index (χ1n) is 6.96. The molecule has 1 aromatic rings. The van der Waals surface area contributed by atoms with Crippen LogP contribution in [0.25, 0.3) is 0 Å². The molecule has 0 aromatic heterocycles. The van der Waals surface area contributed by atoms with E-state index in [-0.39, 0.29) is 5.25 Å². The monoisotopic (exact) mass is 281 g/mol. The Hall–Kier alpha value is -0.670. The summed E-state index contributed by atoms with van der Waals surface area (Å²) in [5.74, 6) is 0. The lowest BCUT2D eigenvalue weighted by molar-refractivity contribution is 0.551. The highest BCUT2D eigenvalue weighted by atomic mass is 32.2. The number of nitrogens with one attached hydrogen (secondary N) is 1. The number of hydrogen-bond acceptors (Lipinski definition) is 2. The Labute approximate surface area is 120 Å². The highest BCUT2D eigenvalue weighted by molar-refractivity contribution is 7.84. The summed E-state index contributed by atoms with van der Waals surface area (Å²) >= 11 is 0. The van der Waals surface area contributed by atoms with E-state index in [1.807, 2.05) is 6.92 Å². The lowest BCUT2D eigenvalue weighted by Crippen LogP contribution is -2.24. The van der Waals surface area contributed by atoms with Crippen molar-refractivity contribution in [2.75, 3.05) is 12.8 Å². The Morgan fingerprint density at radius 1 is 1.11 bits per heavy atom. The second-order valence-electron chi connectivity index (χ2n) is 5.57. The third kappa shape index (κ3) is 4.73. The Bertz CT molecular complexity index is 456. The maximum absolute atomic E-state index is 11.3. The molecule has 0 radical (unpaired) electrons. The van der Waals surface area contributed by atoms with Crippen molar-refractivity contribution in [2.24, 2.45) is 0 Å². The predicted molar refractivity (Wildman–Crippen MR) is 85.2 cm³/mol. The maximum Gasteiger partial charge on any atom is 0.0329 e. The fourth-order valence-corrected chi connectivity index (χ4v) is 2.68. The summed E-state index contributed by atoms with van der Waals surface area (Å²) in [4.78, 5) is 0. The molecule has 0 aliphatic rings. The zero-order valence-corrected chi connectivity index (χ0v) is 13.9. The van der Waals surface area contributed by atoms with Gasteiger partial charge in [-0.25, -0.2) is 0 Å². The van der Waals surface area contributed by atoms with Crippen LogP contribution in [-0.4, -0.2) is 22.3 Å². The predicted octanol–water partition coefficient (Wildman–Crippen LogP) is 3.42. The Balaban J connectivity index is 2.61. The van der Waals surface area contributed by atoms with Crippen LogP contribution in [0.3, 0.4) is 0 Å². The highest BCUT2D eigenvalue weighted by Gasteiger charge is 2.11. The Morgan fingerprint density at radius 2 is 1.68 bits per heavy atom. The third-order valence-corrected chi connectivity index (χ3v) is 5.29. The molecule has 1 N–H and O–H groups in total. The summed E-state index contributed by atoms with van der Waals surface area (Å²) in [7, 11) is -0.721. The minimum absolute atomic E-state index is 0.264. The van der Waals surface area contributed by atoms with Gasteiger partial charge in [-0.15, -0.1) is 0 Å². The first-order chi connectivity index (χ1) is 8.82. The van der Waals surface area contributed by atoms with Crippen molar-refractivity contribution in [1.82, 2.24) is 5.32 Å². The lowest BCUT2D eigenvalue weighted by atomic mass is 9.96. The molecule has 3 atom stereocenters. The van der Waals surface area contributed by atoms with Crippen LogP contribution in [0.1, 0.15) is 48.6 Å². The van der Waals surface area contributed by atoms with Gasteiger partial charge in [0.15, 0.2) is 0 Å². The molecule has 0 spiro atoms. The molecule has 2 nitrogen and oxygen atoms in total. The standard InChI is InChI=1S/C16H27NOS/c1-11-9-13(3)16(10-12(11)2)15(5)17-8-7-14(4)19(6)18/h9-10,14-15,17H,7-8H2,1-6H3. The van der Waals surface area contributed by atoms with E-state index in [2.05, 4.69) is 45.1 Å². The van der Waals surface area contributed by atoms with Gasteiger partial charge in [0.2, 0.25) is 0 Å². The summed E-state index contributed by atoms with van der Waals surface area (Å²) in [6.07, 6.45) is 2.74. The van der Waals surface area contributed by atoms with Crippen LogP contribution in [0.4, 0.5) is 0 Å². The van der Waals surface area contributed by atoms with Crippen molar-refractivity contribution in [3.8, 4) is 0 Å². The van der Waals surface area contributed by atoms with Gasteiger partial charge in [-0.1, -0.05) is 19.1 Å². The van der Waals surface area contributed by atoms with E-state index in [0.717, 1.165) is 13.0 Å². The van der Waals surface area contributed by atoms with E-state index >= 15 is 0 Å². The molecule has 3 unspecified atom stereocenters. The van der Waals surface area contributed by atoms with Crippen molar-refractivity contribution in [2.45, 2.75) is 52.3 Å². The summed E-state index contributed by atoms with van der Waals surface area (Å²) in [6.45, 7) is 11.6. The fourth-order valence-electron chi connectivity index (χ4n) is 2.23. The molecule has 1 rings (SSSR count). The van der Waals surface area contributed by atoms with Crippen LogP contribution < -0.4 is 5.32 Å². The number of benzene rings is 1. The second kappa shape index (κ2) is 7.20. The summed E-state index contributed by atoms with van der Waals surface area (Å²) in [6, 6.07) is 4.88. The smallest absolute Gasteiger partial charge is 0.0329 e. The number of aryl methyl sites for hydroxylation is 3. The minimum Gasteiger partial charge on any atom is -0.310 e. The topological polar surface area (TPSA) is 29.1 Å². The zero-order valence-electron chi connectivity index (χ0n) is 13.0. The van der Waals surface area contributed by atoms with Crippen molar-refractivity contribution < 1.29 is 4.21 Å². The van der Waals surface area contributed by atoms with Crippen molar-refractivity contribution in [3.05, 3.63) is 34.4 Å². The molecule has 19 heavy (non-hydrogen) atoms. The van der Waals surface area contributed by atoms with Crippen molar-refractivity contribution >= 4 is 10.8 Å². The molecule has 0 aliphatic heterocycles. The first-order valence-corrected chi connectivity index (χ1v) is 8.58. The summed E-state index contributed by atoms with van der Waals surface area (Å²) in [5.41, 5.74) is 5.41. The molecule has 0 fully saturated rings. The molecular formula is C16H27NOS. The summed E-state index contributed by atoms with van der Waals surface area (Å²) < 4.78 is 11.3. The van der Waals surface area contributed by atoms with E-state index in [9.17, 15) is 4.21 Å². The van der Waals surface area contributed by atoms with Gasteiger partial charge in [0, 0.05) is 28.3 Å². The number of rotatable bonds is 6. The Kier molecular flexibility index (Phi) is 6.21. The SMILES string of the molecule is Cc1cc(C)c(C(C)NCCC(C)S(C)=O)cc1C. The van der Waals surface area contributed by atoms with Gasteiger partial charge in [0.1, 0.15) is 0 Å². The molecule has 3 heteroatoms. The first kappa shape index (κ1) is 16.4. The third-order valence-electron chi connectivity index (χ3n) is 3.92. The minimum atomic E-state index is -0.721. The van der Waals surface area contributed by atoms with Crippen molar-refractivity contribution in [3.63, 3.8) is 0 Å².